The van der Waals surface area contributed by atoms with Crippen molar-refractivity contribution in [3.8, 4) is 0 Å². The summed E-state index contributed by atoms with van der Waals surface area (Å²) in [5, 5.41) is 7.22. The molecule has 0 bridgehead atoms. The Balaban J connectivity index is 2.32. The zero-order valence-electron chi connectivity index (χ0n) is 16.0. The number of nitrogens with zero attached hydrogens (tertiary/aromatic N) is 1. The van der Waals surface area contributed by atoms with Crippen LogP contribution in [0.5, 0.6) is 0 Å². The molecule has 0 spiro atoms. The normalized spacial score (nSPS) is 12.9. The van der Waals surface area contributed by atoms with Crippen LogP contribution < -0.4 is 10.6 Å². The third-order valence-electron chi connectivity index (χ3n) is 3.67. The van der Waals surface area contributed by atoms with Gasteiger partial charge in [0, 0.05) is 31.4 Å². The van der Waals surface area contributed by atoms with Crippen LogP contribution in [0.4, 0.5) is 0 Å². The number of ether oxygens (including phenoxy) is 1. The lowest BCUT2D eigenvalue weighted by molar-refractivity contribution is 0.154. The van der Waals surface area contributed by atoms with Crippen molar-refractivity contribution in [3.63, 3.8) is 0 Å². The molecule has 8 heteroatoms. The molecule has 0 saturated heterocycles. The van der Waals surface area contributed by atoms with E-state index >= 15 is 0 Å². The molecule has 2 N–H and O–H groups in total. The number of hydrogen-bond donors (Lipinski definition) is 2. The van der Waals surface area contributed by atoms with Crippen LogP contribution in [0, 0.1) is 5.41 Å². The molecule has 26 heavy (non-hydrogen) atoms. The van der Waals surface area contributed by atoms with Gasteiger partial charge in [0.1, 0.15) is 9.84 Å². The molecule has 0 fully saturated rings. The largest absolute Gasteiger partial charge is 0.379 e. The van der Waals surface area contributed by atoms with Crippen LogP contribution in [0.2, 0.25) is 5.02 Å². The Morgan fingerprint density at radius 2 is 2.00 bits per heavy atom. The highest BCUT2D eigenvalue weighted by molar-refractivity contribution is 7.90. The van der Waals surface area contributed by atoms with Crippen LogP contribution >= 0.6 is 11.6 Å². The Morgan fingerprint density at radius 1 is 1.27 bits per heavy atom. The van der Waals surface area contributed by atoms with E-state index in [0.29, 0.717) is 19.1 Å². The summed E-state index contributed by atoms with van der Waals surface area (Å²) in [5.41, 5.74) is 1.22. The molecule has 1 aromatic carbocycles. The Morgan fingerprint density at radius 3 is 2.62 bits per heavy atom. The molecular weight excluding hydrogens is 374 g/mol. The predicted molar refractivity (Wildman–Crippen MR) is 109 cm³/mol. The summed E-state index contributed by atoms with van der Waals surface area (Å²) >= 11 is 6.05. The number of nitrogens with one attached hydrogen (secondary N) is 2. The molecule has 0 atom stereocenters. The number of halogens is 1. The molecular formula is C18H30ClN3O3S. The summed E-state index contributed by atoms with van der Waals surface area (Å²) in [6.45, 7) is 6.29. The lowest BCUT2D eigenvalue weighted by atomic mass is 9.86. The van der Waals surface area contributed by atoms with Crippen molar-refractivity contribution in [1.82, 2.24) is 10.6 Å². The Hall–Kier alpha value is -1.31. The van der Waals surface area contributed by atoms with Gasteiger partial charge < -0.3 is 15.4 Å². The highest BCUT2D eigenvalue weighted by atomic mass is 35.5. The molecule has 0 unspecified atom stereocenters. The average molecular weight is 404 g/mol. The van der Waals surface area contributed by atoms with Crippen LogP contribution in [-0.4, -0.2) is 59.7 Å². The molecule has 1 aromatic rings. The molecule has 0 heterocycles. The standard InChI is InChI=1S/C18H30ClN3O3S/c1-18(2,13-15-6-5-7-16(19)12-15)14-22-17(20-3)21-8-9-25-10-11-26(4,23)24/h5-7,12H,8-11,13-14H2,1-4H3,(H2,20,21,22). The molecule has 6 nitrogen and oxygen atoms in total. The van der Waals surface area contributed by atoms with Crippen molar-refractivity contribution < 1.29 is 13.2 Å². The third-order valence-corrected chi connectivity index (χ3v) is 4.81. The molecule has 0 aliphatic carbocycles. The molecule has 148 valence electrons. The van der Waals surface area contributed by atoms with Gasteiger partial charge in [-0.2, -0.15) is 0 Å². The van der Waals surface area contributed by atoms with Gasteiger partial charge in [-0.05, 0) is 29.5 Å². The molecule has 0 aliphatic rings. The maximum atomic E-state index is 11.0. The van der Waals surface area contributed by atoms with Crippen molar-refractivity contribution in [2.75, 3.05) is 45.4 Å². The van der Waals surface area contributed by atoms with E-state index in [1.165, 1.54) is 11.8 Å². The van der Waals surface area contributed by atoms with E-state index in [-0.39, 0.29) is 17.8 Å². The van der Waals surface area contributed by atoms with Gasteiger partial charge in [-0.15, -0.1) is 0 Å². The monoisotopic (exact) mass is 403 g/mol. The summed E-state index contributed by atoms with van der Waals surface area (Å²) in [6.07, 6.45) is 2.09. The maximum absolute atomic E-state index is 11.0. The van der Waals surface area contributed by atoms with Crippen molar-refractivity contribution >= 4 is 27.4 Å². The molecule has 0 saturated carbocycles. The lowest BCUT2D eigenvalue weighted by Crippen LogP contribution is -2.43. The highest BCUT2D eigenvalue weighted by Gasteiger charge is 2.19. The third kappa shape index (κ3) is 10.6. The minimum absolute atomic E-state index is 0.0221. The van der Waals surface area contributed by atoms with E-state index in [1.807, 2.05) is 18.2 Å². The summed E-state index contributed by atoms with van der Waals surface area (Å²) in [5.74, 6) is 0.730. The number of sulfone groups is 1. The molecule has 0 aromatic heterocycles. The molecule has 0 aliphatic heterocycles. The van der Waals surface area contributed by atoms with Crippen LogP contribution in [0.15, 0.2) is 29.3 Å². The van der Waals surface area contributed by atoms with E-state index in [4.69, 9.17) is 16.3 Å². The Labute approximate surface area is 162 Å². The fourth-order valence-corrected chi connectivity index (χ4v) is 2.99. The molecule has 0 radical (unpaired) electrons. The van der Waals surface area contributed by atoms with Crippen LogP contribution in [0.3, 0.4) is 0 Å². The SMILES string of the molecule is CN=C(NCCOCCS(C)(=O)=O)NCC(C)(C)Cc1cccc(Cl)c1. The average Bonchev–Trinajstić information content (AvgIpc) is 2.52. The van der Waals surface area contributed by atoms with Crippen LogP contribution in [-0.2, 0) is 21.0 Å². The van der Waals surface area contributed by atoms with Crippen molar-refractivity contribution in [1.29, 1.82) is 0 Å². The first-order chi connectivity index (χ1) is 12.1. The summed E-state index contributed by atoms with van der Waals surface area (Å²) in [4.78, 5) is 4.19. The minimum Gasteiger partial charge on any atom is -0.379 e. The number of aliphatic imine (C=N–C) groups is 1. The van der Waals surface area contributed by atoms with E-state index in [2.05, 4.69) is 35.5 Å². The van der Waals surface area contributed by atoms with Gasteiger partial charge in [-0.3, -0.25) is 4.99 Å². The van der Waals surface area contributed by atoms with Crippen molar-refractivity contribution in [3.05, 3.63) is 34.9 Å². The smallest absolute Gasteiger partial charge is 0.191 e. The second-order valence-electron chi connectivity index (χ2n) is 7.07. The van der Waals surface area contributed by atoms with Gasteiger partial charge in [0.25, 0.3) is 0 Å². The number of guanidine groups is 1. The van der Waals surface area contributed by atoms with Gasteiger partial charge in [-0.25, -0.2) is 8.42 Å². The zero-order chi connectivity index (χ0) is 19.6. The Kier molecular flexibility index (Phi) is 9.39. The first kappa shape index (κ1) is 22.7. The fourth-order valence-electron chi connectivity index (χ4n) is 2.36. The second kappa shape index (κ2) is 10.7. The number of benzene rings is 1. The van der Waals surface area contributed by atoms with Gasteiger partial charge in [0.2, 0.25) is 0 Å². The summed E-state index contributed by atoms with van der Waals surface area (Å²) < 4.78 is 27.3. The minimum atomic E-state index is -2.98. The van der Waals surface area contributed by atoms with Gasteiger partial charge in [0.05, 0.1) is 19.0 Å². The maximum Gasteiger partial charge on any atom is 0.191 e. The molecule has 0 amide bonds. The van der Waals surface area contributed by atoms with Crippen molar-refractivity contribution in [2.45, 2.75) is 20.3 Å². The summed E-state index contributed by atoms with van der Waals surface area (Å²) in [6, 6.07) is 7.91. The topological polar surface area (TPSA) is 79.8 Å². The van der Waals surface area contributed by atoms with E-state index < -0.39 is 9.84 Å². The molecule has 1 rings (SSSR count). The zero-order valence-corrected chi connectivity index (χ0v) is 17.6. The van der Waals surface area contributed by atoms with E-state index in [9.17, 15) is 8.42 Å². The quantitative estimate of drug-likeness (QED) is 0.355. The lowest BCUT2D eigenvalue weighted by Gasteiger charge is -2.26. The second-order valence-corrected chi connectivity index (χ2v) is 9.76. The fraction of sp³-hybridized carbons (Fsp3) is 0.611. The predicted octanol–water partition coefficient (Wildman–Crippen LogP) is 2.13. The Bertz CT molecular complexity index is 691. The first-order valence-corrected chi connectivity index (χ1v) is 11.0. The van der Waals surface area contributed by atoms with Crippen LogP contribution in [0.1, 0.15) is 19.4 Å². The van der Waals surface area contributed by atoms with E-state index in [1.54, 1.807) is 7.05 Å². The van der Waals surface area contributed by atoms with Gasteiger partial charge in [0.15, 0.2) is 5.96 Å². The van der Waals surface area contributed by atoms with Crippen LogP contribution in [0.25, 0.3) is 0 Å². The van der Waals surface area contributed by atoms with Gasteiger partial charge >= 0.3 is 0 Å². The summed E-state index contributed by atoms with van der Waals surface area (Å²) in [7, 11) is -1.26. The highest BCUT2D eigenvalue weighted by Crippen LogP contribution is 2.22. The van der Waals surface area contributed by atoms with E-state index in [0.717, 1.165) is 18.0 Å². The number of hydrogen-bond acceptors (Lipinski definition) is 4. The van der Waals surface area contributed by atoms with Gasteiger partial charge in [-0.1, -0.05) is 37.6 Å². The number of rotatable bonds is 10. The van der Waals surface area contributed by atoms with Crippen molar-refractivity contribution in [2.24, 2.45) is 10.4 Å². The first-order valence-electron chi connectivity index (χ1n) is 8.56.